The number of hydrazone groups is 1. The minimum absolute atomic E-state index is 0.0154. The van der Waals surface area contributed by atoms with Crippen molar-refractivity contribution in [2.24, 2.45) is 5.10 Å². The molecule has 0 radical (unpaired) electrons. The molecule has 2 aliphatic heterocycles. The molecule has 0 aliphatic carbocycles. The van der Waals surface area contributed by atoms with Gasteiger partial charge in [-0.15, -0.1) is 0 Å². The van der Waals surface area contributed by atoms with Gasteiger partial charge in [-0.1, -0.05) is 23.7 Å². The Labute approximate surface area is 116 Å². The van der Waals surface area contributed by atoms with Gasteiger partial charge in [0.05, 0.1) is 24.9 Å². The van der Waals surface area contributed by atoms with Crippen molar-refractivity contribution < 1.29 is 9.53 Å². The van der Waals surface area contributed by atoms with Crippen LogP contribution in [0, 0.1) is 0 Å². The van der Waals surface area contributed by atoms with Gasteiger partial charge >= 0.3 is 0 Å². The Balaban J connectivity index is 1.84. The lowest BCUT2D eigenvalue weighted by atomic mass is 10.0. The molecule has 5 nitrogen and oxygen atoms in total. The number of nitrogens with zero attached hydrogens (tertiary/aromatic N) is 2. The zero-order chi connectivity index (χ0) is 13.2. The largest absolute Gasteiger partial charge is 0.370 e. The van der Waals surface area contributed by atoms with Crippen molar-refractivity contribution in [3.63, 3.8) is 0 Å². The molecule has 1 unspecified atom stereocenters. The zero-order valence-corrected chi connectivity index (χ0v) is 11.1. The zero-order valence-electron chi connectivity index (χ0n) is 10.3. The number of amides is 1. The number of ether oxygens (including phenoxy) is 1. The number of benzene rings is 1. The van der Waals surface area contributed by atoms with Crippen molar-refractivity contribution in [2.45, 2.75) is 6.04 Å². The number of carbonyl (C=O) groups excluding carboxylic acids is 1. The van der Waals surface area contributed by atoms with Crippen LogP contribution in [0.2, 0.25) is 5.02 Å². The maximum Gasteiger partial charge on any atom is 0.249 e. The molecule has 19 heavy (non-hydrogen) atoms. The van der Waals surface area contributed by atoms with Gasteiger partial charge in [-0.25, -0.2) is 0 Å². The Bertz CT molecular complexity index is 515. The molecule has 6 heteroatoms. The van der Waals surface area contributed by atoms with E-state index in [9.17, 15) is 4.79 Å². The third kappa shape index (κ3) is 2.43. The lowest BCUT2D eigenvalue weighted by molar-refractivity contribution is -0.143. The molecular formula is C13H14ClN3O2. The van der Waals surface area contributed by atoms with E-state index in [0.29, 0.717) is 24.7 Å². The van der Waals surface area contributed by atoms with E-state index in [1.165, 1.54) is 0 Å². The highest BCUT2D eigenvalue weighted by Gasteiger charge is 2.33. The summed E-state index contributed by atoms with van der Waals surface area (Å²) >= 11 is 5.89. The molecule has 1 aromatic carbocycles. The van der Waals surface area contributed by atoms with Crippen LogP contribution in [0.4, 0.5) is 0 Å². The molecule has 0 aromatic heterocycles. The van der Waals surface area contributed by atoms with Crippen molar-refractivity contribution >= 4 is 23.2 Å². The quantitative estimate of drug-likeness (QED) is 0.874. The molecule has 0 saturated carbocycles. The smallest absolute Gasteiger partial charge is 0.249 e. The summed E-state index contributed by atoms with van der Waals surface area (Å²) in [5.74, 6) is 0.0154. The van der Waals surface area contributed by atoms with E-state index in [2.05, 4.69) is 10.5 Å². The summed E-state index contributed by atoms with van der Waals surface area (Å²) in [5.41, 5.74) is 4.84. The molecule has 1 fully saturated rings. The minimum Gasteiger partial charge on any atom is -0.370 e. The number of morpholine rings is 1. The summed E-state index contributed by atoms with van der Waals surface area (Å²) in [6.07, 6.45) is 0. The predicted molar refractivity (Wildman–Crippen MR) is 72.3 cm³/mol. The van der Waals surface area contributed by atoms with Gasteiger partial charge in [0, 0.05) is 17.1 Å². The van der Waals surface area contributed by atoms with Gasteiger partial charge < -0.3 is 15.1 Å². The van der Waals surface area contributed by atoms with E-state index in [1.54, 1.807) is 0 Å². The SMILES string of the molecule is O=C1COCCN1C1CNN=C1c1ccc(Cl)cc1. The Hall–Kier alpha value is -1.59. The standard InChI is InChI=1S/C13H14ClN3O2/c14-10-3-1-9(2-4-10)13-11(7-15-16-13)17-5-6-19-8-12(17)18/h1-4,11,15H,5-8H2. The van der Waals surface area contributed by atoms with E-state index < -0.39 is 0 Å². The summed E-state index contributed by atoms with van der Waals surface area (Å²) in [5, 5.41) is 5.00. The monoisotopic (exact) mass is 279 g/mol. The van der Waals surface area contributed by atoms with E-state index in [0.717, 1.165) is 11.3 Å². The second-order valence-corrected chi connectivity index (χ2v) is 4.96. The van der Waals surface area contributed by atoms with E-state index in [1.807, 2.05) is 29.2 Å². The fourth-order valence-electron chi connectivity index (χ4n) is 2.38. The molecule has 1 N–H and O–H groups in total. The molecule has 1 saturated heterocycles. The molecule has 1 amide bonds. The first-order valence-corrected chi connectivity index (χ1v) is 6.57. The van der Waals surface area contributed by atoms with Crippen LogP contribution in [0.25, 0.3) is 0 Å². The molecule has 1 atom stereocenters. The first kappa shape index (κ1) is 12.4. The first-order valence-electron chi connectivity index (χ1n) is 6.19. The van der Waals surface area contributed by atoms with Crippen LogP contribution in [-0.4, -0.2) is 48.9 Å². The Morgan fingerprint density at radius 1 is 1.37 bits per heavy atom. The normalized spacial score (nSPS) is 23.2. The molecule has 2 heterocycles. The highest BCUT2D eigenvalue weighted by Crippen LogP contribution is 2.18. The summed E-state index contributed by atoms with van der Waals surface area (Å²) in [6.45, 7) is 1.99. The molecular weight excluding hydrogens is 266 g/mol. The average molecular weight is 280 g/mol. The number of carbonyl (C=O) groups is 1. The lowest BCUT2D eigenvalue weighted by Crippen LogP contribution is -2.52. The molecule has 0 bridgehead atoms. The van der Waals surface area contributed by atoms with Crippen LogP contribution in [-0.2, 0) is 9.53 Å². The van der Waals surface area contributed by atoms with Crippen LogP contribution in [0.5, 0.6) is 0 Å². The van der Waals surface area contributed by atoms with E-state index >= 15 is 0 Å². The van der Waals surface area contributed by atoms with Gasteiger partial charge in [-0.3, -0.25) is 4.79 Å². The molecule has 2 aliphatic rings. The van der Waals surface area contributed by atoms with Gasteiger partial charge in [0.2, 0.25) is 5.91 Å². The van der Waals surface area contributed by atoms with Gasteiger partial charge in [-0.2, -0.15) is 5.10 Å². The maximum absolute atomic E-state index is 11.9. The van der Waals surface area contributed by atoms with Gasteiger partial charge in [0.15, 0.2) is 0 Å². The third-order valence-electron chi connectivity index (χ3n) is 3.34. The van der Waals surface area contributed by atoms with Crippen molar-refractivity contribution in [3.05, 3.63) is 34.9 Å². The number of hydrogen-bond donors (Lipinski definition) is 1. The van der Waals surface area contributed by atoms with E-state index in [-0.39, 0.29) is 18.6 Å². The van der Waals surface area contributed by atoms with Crippen LogP contribution in [0.3, 0.4) is 0 Å². The average Bonchev–Trinajstić information content (AvgIpc) is 2.89. The number of halogens is 1. The molecule has 100 valence electrons. The number of rotatable bonds is 2. The summed E-state index contributed by atoms with van der Waals surface area (Å²) < 4.78 is 5.16. The Kier molecular flexibility index (Phi) is 3.40. The fraction of sp³-hybridized carbons (Fsp3) is 0.385. The number of hydrogen-bond acceptors (Lipinski definition) is 4. The summed E-state index contributed by atoms with van der Waals surface area (Å²) in [4.78, 5) is 13.7. The molecule has 0 spiro atoms. The minimum atomic E-state index is -0.0300. The topological polar surface area (TPSA) is 53.9 Å². The van der Waals surface area contributed by atoms with Crippen molar-refractivity contribution in [1.29, 1.82) is 0 Å². The van der Waals surface area contributed by atoms with Gasteiger partial charge in [-0.05, 0) is 12.1 Å². The fourth-order valence-corrected chi connectivity index (χ4v) is 2.51. The highest BCUT2D eigenvalue weighted by atomic mass is 35.5. The third-order valence-corrected chi connectivity index (χ3v) is 3.59. The van der Waals surface area contributed by atoms with Crippen molar-refractivity contribution in [1.82, 2.24) is 10.3 Å². The van der Waals surface area contributed by atoms with Gasteiger partial charge in [0.1, 0.15) is 6.61 Å². The second-order valence-electron chi connectivity index (χ2n) is 4.52. The number of nitrogens with one attached hydrogen (secondary N) is 1. The molecule has 1 aromatic rings. The highest BCUT2D eigenvalue weighted by molar-refractivity contribution is 6.30. The van der Waals surface area contributed by atoms with Crippen LogP contribution in [0.15, 0.2) is 29.4 Å². The predicted octanol–water partition coefficient (Wildman–Crippen LogP) is 0.875. The Morgan fingerprint density at radius 3 is 2.89 bits per heavy atom. The van der Waals surface area contributed by atoms with Crippen molar-refractivity contribution in [2.75, 3.05) is 26.3 Å². The van der Waals surface area contributed by atoms with E-state index in [4.69, 9.17) is 16.3 Å². The molecule has 3 rings (SSSR count). The van der Waals surface area contributed by atoms with Crippen molar-refractivity contribution in [3.8, 4) is 0 Å². The summed E-state index contributed by atoms with van der Waals surface area (Å²) in [6, 6.07) is 7.47. The first-order chi connectivity index (χ1) is 9.25. The van der Waals surface area contributed by atoms with Crippen LogP contribution < -0.4 is 5.43 Å². The summed E-state index contributed by atoms with van der Waals surface area (Å²) in [7, 11) is 0. The van der Waals surface area contributed by atoms with Gasteiger partial charge in [0.25, 0.3) is 0 Å². The Morgan fingerprint density at radius 2 is 2.16 bits per heavy atom. The van der Waals surface area contributed by atoms with Crippen LogP contribution >= 0.6 is 11.6 Å². The van der Waals surface area contributed by atoms with Crippen LogP contribution in [0.1, 0.15) is 5.56 Å². The second kappa shape index (κ2) is 5.19. The maximum atomic E-state index is 11.9. The lowest BCUT2D eigenvalue weighted by Gasteiger charge is -2.32.